The van der Waals surface area contributed by atoms with Crippen LogP contribution in [0.25, 0.3) is 11.5 Å². The predicted molar refractivity (Wildman–Crippen MR) is 86.6 cm³/mol. The Balaban J connectivity index is 1.48. The molecule has 3 rings (SSSR count). The molecule has 2 amide bonds. The second-order valence-corrected chi connectivity index (χ2v) is 5.22. The summed E-state index contributed by atoms with van der Waals surface area (Å²) in [7, 11) is 1.60. The quantitative estimate of drug-likeness (QED) is 0.703. The summed E-state index contributed by atoms with van der Waals surface area (Å²) in [5.41, 5.74) is 1.41. The Hall–Kier alpha value is -3.36. The number of rotatable bonds is 6. The summed E-state index contributed by atoms with van der Waals surface area (Å²) in [5.74, 6) is 1.97. The zero-order chi connectivity index (χ0) is 17.6. The van der Waals surface area contributed by atoms with Gasteiger partial charge in [0.25, 0.3) is 0 Å². The van der Waals surface area contributed by atoms with Crippen molar-refractivity contribution in [1.82, 2.24) is 25.9 Å². The fourth-order valence-corrected chi connectivity index (χ4v) is 2.09. The molecule has 3 aromatic rings. The second-order valence-electron chi connectivity index (χ2n) is 5.22. The molecule has 0 aliphatic carbocycles. The lowest BCUT2D eigenvalue weighted by molar-refractivity contribution is 0.238. The van der Waals surface area contributed by atoms with Crippen LogP contribution in [-0.2, 0) is 13.1 Å². The first-order valence-corrected chi connectivity index (χ1v) is 7.55. The Morgan fingerprint density at radius 1 is 1.16 bits per heavy atom. The molecule has 9 nitrogen and oxygen atoms in total. The van der Waals surface area contributed by atoms with Crippen LogP contribution in [0, 0.1) is 6.92 Å². The third kappa shape index (κ3) is 4.34. The number of methoxy groups -OCH3 is 1. The van der Waals surface area contributed by atoms with Gasteiger partial charge in [-0.25, -0.2) is 4.79 Å². The van der Waals surface area contributed by atoms with Crippen molar-refractivity contribution in [3.8, 4) is 17.3 Å². The molecule has 2 heterocycles. The molecule has 130 valence electrons. The van der Waals surface area contributed by atoms with E-state index in [0.717, 1.165) is 11.3 Å². The van der Waals surface area contributed by atoms with Gasteiger partial charge in [0.1, 0.15) is 11.5 Å². The molecular weight excluding hydrogens is 326 g/mol. The molecule has 0 bridgehead atoms. The lowest BCUT2D eigenvalue weighted by Crippen LogP contribution is -2.34. The van der Waals surface area contributed by atoms with Gasteiger partial charge in [0.2, 0.25) is 11.7 Å². The highest BCUT2D eigenvalue weighted by Crippen LogP contribution is 2.15. The molecule has 0 saturated heterocycles. The Labute approximate surface area is 143 Å². The summed E-state index contributed by atoms with van der Waals surface area (Å²) < 4.78 is 15.2. The van der Waals surface area contributed by atoms with E-state index in [9.17, 15) is 4.79 Å². The third-order valence-corrected chi connectivity index (χ3v) is 3.31. The number of nitrogens with one attached hydrogen (secondary N) is 2. The van der Waals surface area contributed by atoms with Crippen LogP contribution in [0.4, 0.5) is 4.79 Å². The van der Waals surface area contributed by atoms with Gasteiger partial charge >= 0.3 is 6.03 Å². The van der Waals surface area contributed by atoms with Crippen molar-refractivity contribution in [2.45, 2.75) is 20.0 Å². The standard InChI is InChI=1S/C16H17N5O4/c1-10-6-13(20-24-10)15-19-14(25-21-15)9-18-16(22)17-8-11-4-3-5-12(7-11)23-2/h3-7H,8-9H2,1-2H3,(H2,17,18,22). The van der Waals surface area contributed by atoms with Crippen molar-refractivity contribution < 1.29 is 18.6 Å². The van der Waals surface area contributed by atoms with Crippen LogP contribution in [-0.4, -0.2) is 28.4 Å². The molecule has 9 heteroatoms. The normalized spacial score (nSPS) is 10.5. The average molecular weight is 343 g/mol. The van der Waals surface area contributed by atoms with E-state index in [2.05, 4.69) is 25.9 Å². The zero-order valence-corrected chi connectivity index (χ0v) is 13.8. The van der Waals surface area contributed by atoms with Gasteiger partial charge in [0, 0.05) is 12.6 Å². The summed E-state index contributed by atoms with van der Waals surface area (Å²) in [5, 5.41) is 13.0. The lowest BCUT2D eigenvalue weighted by atomic mass is 10.2. The number of carbonyl (C=O) groups excluding carboxylic acids is 1. The average Bonchev–Trinajstić information content (AvgIpc) is 3.27. The Morgan fingerprint density at radius 3 is 2.76 bits per heavy atom. The highest BCUT2D eigenvalue weighted by atomic mass is 16.5. The first kappa shape index (κ1) is 16.5. The maximum Gasteiger partial charge on any atom is 0.315 e. The number of benzene rings is 1. The summed E-state index contributed by atoms with van der Waals surface area (Å²) in [4.78, 5) is 16.0. The van der Waals surface area contributed by atoms with Gasteiger partial charge in [-0.15, -0.1) is 0 Å². The number of ether oxygens (including phenoxy) is 1. The first-order valence-electron chi connectivity index (χ1n) is 7.55. The van der Waals surface area contributed by atoms with Gasteiger partial charge in [-0.05, 0) is 24.6 Å². The van der Waals surface area contributed by atoms with Crippen LogP contribution in [0.5, 0.6) is 5.75 Å². The largest absolute Gasteiger partial charge is 0.497 e. The molecule has 0 saturated carbocycles. The number of nitrogens with zero attached hydrogens (tertiary/aromatic N) is 3. The van der Waals surface area contributed by atoms with Crippen molar-refractivity contribution in [3.05, 3.63) is 47.5 Å². The molecule has 0 radical (unpaired) electrons. The van der Waals surface area contributed by atoms with E-state index in [1.165, 1.54) is 0 Å². The van der Waals surface area contributed by atoms with E-state index in [1.807, 2.05) is 24.3 Å². The van der Waals surface area contributed by atoms with Crippen LogP contribution >= 0.6 is 0 Å². The smallest absolute Gasteiger partial charge is 0.315 e. The van der Waals surface area contributed by atoms with Gasteiger partial charge in [0.05, 0.1) is 13.7 Å². The molecule has 0 unspecified atom stereocenters. The van der Waals surface area contributed by atoms with Crippen LogP contribution < -0.4 is 15.4 Å². The maximum atomic E-state index is 11.9. The zero-order valence-electron chi connectivity index (χ0n) is 13.8. The van der Waals surface area contributed by atoms with E-state index in [0.29, 0.717) is 23.8 Å². The summed E-state index contributed by atoms with van der Waals surface area (Å²) in [6, 6.07) is 8.80. The predicted octanol–water partition coefficient (Wildman–Crippen LogP) is 2.04. The number of aryl methyl sites for hydroxylation is 1. The summed E-state index contributed by atoms with van der Waals surface area (Å²) >= 11 is 0. The molecule has 25 heavy (non-hydrogen) atoms. The minimum Gasteiger partial charge on any atom is -0.497 e. The number of aromatic nitrogens is 3. The van der Waals surface area contributed by atoms with Gasteiger partial charge < -0.3 is 24.4 Å². The lowest BCUT2D eigenvalue weighted by Gasteiger charge is -2.07. The molecular formula is C16H17N5O4. The monoisotopic (exact) mass is 343 g/mol. The van der Waals surface area contributed by atoms with Crippen molar-refractivity contribution in [2.24, 2.45) is 0 Å². The Morgan fingerprint density at radius 2 is 2.00 bits per heavy atom. The maximum absolute atomic E-state index is 11.9. The number of carbonyl (C=O) groups is 1. The van der Waals surface area contributed by atoms with Crippen LogP contribution in [0.2, 0.25) is 0 Å². The molecule has 0 aliphatic rings. The SMILES string of the molecule is COc1cccc(CNC(=O)NCc2nc(-c3cc(C)on3)no2)c1. The topological polar surface area (TPSA) is 115 Å². The Kier molecular flexibility index (Phi) is 4.93. The minimum atomic E-state index is -0.347. The summed E-state index contributed by atoms with van der Waals surface area (Å²) in [6.45, 7) is 2.25. The van der Waals surface area contributed by atoms with Gasteiger partial charge in [-0.2, -0.15) is 4.98 Å². The molecule has 0 aliphatic heterocycles. The highest BCUT2D eigenvalue weighted by molar-refractivity contribution is 5.73. The number of urea groups is 1. The molecule has 2 N–H and O–H groups in total. The van der Waals surface area contributed by atoms with Crippen molar-refractivity contribution in [3.63, 3.8) is 0 Å². The van der Waals surface area contributed by atoms with Crippen molar-refractivity contribution >= 4 is 6.03 Å². The second kappa shape index (κ2) is 7.47. The third-order valence-electron chi connectivity index (χ3n) is 3.31. The van der Waals surface area contributed by atoms with Gasteiger partial charge in [-0.1, -0.05) is 22.4 Å². The Bertz CT molecular complexity index is 858. The first-order chi connectivity index (χ1) is 12.1. The van der Waals surface area contributed by atoms with E-state index < -0.39 is 0 Å². The van der Waals surface area contributed by atoms with Gasteiger partial charge in [0.15, 0.2) is 5.69 Å². The molecule has 0 fully saturated rings. The fraction of sp³-hybridized carbons (Fsp3) is 0.250. The van der Waals surface area contributed by atoms with Crippen LogP contribution in [0.3, 0.4) is 0 Å². The molecule has 1 aromatic carbocycles. The fourth-order valence-electron chi connectivity index (χ4n) is 2.09. The van der Waals surface area contributed by atoms with E-state index in [1.54, 1.807) is 20.1 Å². The van der Waals surface area contributed by atoms with Crippen LogP contribution in [0.1, 0.15) is 17.2 Å². The van der Waals surface area contributed by atoms with Gasteiger partial charge in [-0.3, -0.25) is 0 Å². The minimum absolute atomic E-state index is 0.105. The number of amides is 2. The van der Waals surface area contributed by atoms with E-state index in [-0.39, 0.29) is 18.5 Å². The highest BCUT2D eigenvalue weighted by Gasteiger charge is 2.13. The molecule has 0 atom stereocenters. The molecule has 2 aromatic heterocycles. The molecule has 0 spiro atoms. The number of hydrogen-bond donors (Lipinski definition) is 2. The van der Waals surface area contributed by atoms with Crippen molar-refractivity contribution in [1.29, 1.82) is 0 Å². The number of hydrogen-bond acceptors (Lipinski definition) is 7. The van der Waals surface area contributed by atoms with Crippen molar-refractivity contribution in [2.75, 3.05) is 7.11 Å². The van der Waals surface area contributed by atoms with E-state index >= 15 is 0 Å². The van der Waals surface area contributed by atoms with E-state index in [4.69, 9.17) is 13.8 Å². The summed E-state index contributed by atoms with van der Waals surface area (Å²) in [6.07, 6.45) is 0. The van der Waals surface area contributed by atoms with Crippen LogP contribution in [0.15, 0.2) is 39.4 Å².